The Morgan fingerprint density at radius 2 is 0.935 bits per heavy atom. The van der Waals surface area contributed by atoms with E-state index in [1.54, 1.807) is 0 Å². The fourth-order valence-electron chi connectivity index (χ4n) is 4.73. The SMILES string of the molecule is CCCCCCCCCCCCCC[n+]1ccn(CCCCCCCCCCC)c1C. The molecule has 0 fully saturated rings. The summed E-state index contributed by atoms with van der Waals surface area (Å²) in [6.07, 6.45) is 34.5. The summed E-state index contributed by atoms with van der Waals surface area (Å²) >= 11 is 0. The molecule has 1 rings (SSSR count). The maximum atomic E-state index is 2.48. The topological polar surface area (TPSA) is 8.81 Å². The zero-order valence-corrected chi connectivity index (χ0v) is 21.8. The Hall–Kier alpha value is -0.790. The molecular weight excluding hydrogens is 376 g/mol. The molecular formula is C29H57N2+. The Bertz CT molecular complexity index is 491. The van der Waals surface area contributed by atoms with Crippen LogP contribution in [0.1, 0.15) is 155 Å². The standard InChI is InChI=1S/C29H57N2/c1-4-6-8-10-12-14-15-16-18-20-22-24-26-31-28-27-30(29(31)3)25-23-21-19-17-13-11-9-7-5-2/h27-28H,4-26H2,1-3H3/q+1. The molecule has 0 radical (unpaired) electrons. The van der Waals surface area contributed by atoms with Gasteiger partial charge in [-0.15, -0.1) is 0 Å². The smallest absolute Gasteiger partial charge is 0.234 e. The fraction of sp³-hybridized carbons (Fsp3) is 0.897. The highest BCUT2D eigenvalue weighted by molar-refractivity contribution is 4.79. The van der Waals surface area contributed by atoms with Crippen molar-refractivity contribution >= 4 is 0 Å². The second-order valence-corrected chi connectivity index (χ2v) is 9.95. The van der Waals surface area contributed by atoms with E-state index in [0.717, 1.165) is 0 Å². The quantitative estimate of drug-likeness (QED) is 0.120. The third kappa shape index (κ3) is 15.6. The van der Waals surface area contributed by atoms with Crippen LogP contribution >= 0.6 is 0 Å². The third-order valence-corrected chi connectivity index (χ3v) is 7.01. The van der Waals surface area contributed by atoms with Crippen LogP contribution in [0.25, 0.3) is 0 Å². The number of aromatic nitrogens is 2. The number of aryl methyl sites for hydroxylation is 2. The Labute approximate surface area is 196 Å². The third-order valence-electron chi connectivity index (χ3n) is 7.01. The van der Waals surface area contributed by atoms with E-state index in [-0.39, 0.29) is 0 Å². The summed E-state index contributed by atoms with van der Waals surface area (Å²) in [4.78, 5) is 0. The predicted molar refractivity (Wildman–Crippen MR) is 138 cm³/mol. The van der Waals surface area contributed by atoms with Crippen LogP contribution in [0.3, 0.4) is 0 Å². The molecule has 0 N–H and O–H groups in total. The molecule has 31 heavy (non-hydrogen) atoms. The Morgan fingerprint density at radius 3 is 1.39 bits per heavy atom. The van der Waals surface area contributed by atoms with Gasteiger partial charge in [0.15, 0.2) is 0 Å². The fourth-order valence-corrected chi connectivity index (χ4v) is 4.73. The molecule has 2 heteroatoms. The molecule has 0 saturated heterocycles. The monoisotopic (exact) mass is 433 g/mol. The highest BCUT2D eigenvalue weighted by Gasteiger charge is 2.11. The van der Waals surface area contributed by atoms with Gasteiger partial charge in [-0.25, -0.2) is 9.13 Å². The van der Waals surface area contributed by atoms with Crippen molar-refractivity contribution in [1.29, 1.82) is 0 Å². The van der Waals surface area contributed by atoms with Crippen molar-refractivity contribution in [3.63, 3.8) is 0 Å². The molecule has 0 saturated carbocycles. The number of hydrogen-bond acceptors (Lipinski definition) is 0. The van der Waals surface area contributed by atoms with Gasteiger partial charge in [0.25, 0.3) is 5.82 Å². The first-order chi connectivity index (χ1) is 15.3. The van der Waals surface area contributed by atoms with E-state index in [2.05, 4.69) is 42.3 Å². The van der Waals surface area contributed by atoms with Crippen molar-refractivity contribution in [3.05, 3.63) is 18.2 Å². The molecule has 1 heterocycles. The van der Waals surface area contributed by atoms with Crippen LogP contribution in [0.2, 0.25) is 0 Å². The molecule has 0 aliphatic carbocycles. The average molecular weight is 434 g/mol. The molecule has 0 aromatic carbocycles. The van der Waals surface area contributed by atoms with Crippen LogP contribution in [0.4, 0.5) is 0 Å². The van der Waals surface area contributed by atoms with Gasteiger partial charge in [0, 0.05) is 6.92 Å². The van der Waals surface area contributed by atoms with E-state index < -0.39 is 0 Å². The van der Waals surface area contributed by atoms with Crippen molar-refractivity contribution in [2.45, 2.75) is 169 Å². The molecule has 1 aromatic heterocycles. The molecule has 182 valence electrons. The minimum absolute atomic E-state index is 1.20. The van der Waals surface area contributed by atoms with Crippen LogP contribution in [0.5, 0.6) is 0 Å². The molecule has 0 aliphatic rings. The van der Waals surface area contributed by atoms with Gasteiger partial charge >= 0.3 is 0 Å². The first-order valence-electron chi connectivity index (χ1n) is 14.3. The molecule has 0 atom stereocenters. The summed E-state index contributed by atoms with van der Waals surface area (Å²) in [5.74, 6) is 1.45. The molecule has 0 spiro atoms. The second-order valence-electron chi connectivity index (χ2n) is 9.95. The van der Waals surface area contributed by atoms with Crippen molar-refractivity contribution in [2.75, 3.05) is 0 Å². The highest BCUT2D eigenvalue weighted by Crippen LogP contribution is 2.13. The Balaban J connectivity index is 1.95. The van der Waals surface area contributed by atoms with Gasteiger partial charge < -0.3 is 0 Å². The number of nitrogens with zero attached hydrogens (tertiary/aromatic N) is 2. The lowest BCUT2D eigenvalue weighted by atomic mass is 10.1. The number of imidazole rings is 1. The summed E-state index contributed by atoms with van der Waals surface area (Å²) in [5, 5.41) is 0. The normalized spacial score (nSPS) is 11.5. The predicted octanol–water partition coefficient (Wildman–Crippen LogP) is 9.32. The van der Waals surface area contributed by atoms with Gasteiger partial charge in [-0.1, -0.05) is 123 Å². The first kappa shape index (κ1) is 28.2. The van der Waals surface area contributed by atoms with Crippen molar-refractivity contribution in [3.8, 4) is 0 Å². The van der Waals surface area contributed by atoms with Crippen LogP contribution in [-0.2, 0) is 13.1 Å². The van der Waals surface area contributed by atoms with Crippen molar-refractivity contribution < 1.29 is 4.57 Å². The number of rotatable bonds is 23. The van der Waals surface area contributed by atoms with E-state index in [9.17, 15) is 0 Å². The van der Waals surface area contributed by atoms with Crippen LogP contribution < -0.4 is 4.57 Å². The molecule has 0 unspecified atom stereocenters. The van der Waals surface area contributed by atoms with Gasteiger partial charge in [0.1, 0.15) is 12.4 Å². The molecule has 2 nitrogen and oxygen atoms in total. The lowest BCUT2D eigenvalue weighted by Gasteiger charge is -2.04. The minimum atomic E-state index is 1.20. The number of unbranched alkanes of at least 4 members (excludes halogenated alkanes) is 19. The maximum Gasteiger partial charge on any atom is 0.253 e. The van der Waals surface area contributed by atoms with Crippen LogP contribution in [0.15, 0.2) is 12.4 Å². The van der Waals surface area contributed by atoms with E-state index in [1.165, 1.54) is 154 Å². The summed E-state index contributed by atoms with van der Waals surface area (Å²) in [6, 6.07) is 0. The van der Waals surface area contributed by atoms with Gasteiger partial charge in [0.05, 0.1) is 13.1 Å². The maximum absolute atomic E-state index is 2.48. The molecule has 1 aromatic rings. The zero-order valence-electron chi connectivity index (χ0n) is 21.8. The van der Waals surface area contributed by atoms with Crippen LogP contribution in [-0.4, -0.2) is 4.57 Å². The number of hydrogen-bond donors (Lipinski definition) is 0. The lowest BCUT2D eigenvalue weighted by Crippen LogP contribution is -2.35. The van der Waals surface area contributed by atoms with Gasteiger partial charge in [-0.3, -0.25) is 0 Å². The molecule has 0 amide bonds. The van der Waals surface area contributed by atoms with E-state index >= 15 is 0 Å². The van der Waals surface area contributed by atoms with Crippen LogP contribution in [0, 0.1) is 6.92 Å². The van der Waals surface area contributed by atoms with E-state index in [1.807, 2.05) is 0 Å². The average Bonchev–Trinajstić information content (AvgIpc) is 3.12. The zero-order chi connectivity index (χ0) is 22.4. The second kappa shape index (κ2) is 21.1. The van der Waals surface area contributed by atoms with Gasteiger partial charge in [-0.05, 0) is 25.7 Å². The Kier molecular flexibility index (Phi) is 19.2. The van der Waals surface area contributed by atoms with Crippen molar-refractivity contribution in [2.24, 2.45) is 0 Å². The minimum Gasteiger partial charge on any atom is -0.234 e. The largest absolute Gasteiger partial charge is 0.253 e. The summed E-state index contributed by atoms with van der Waals surface area (Å²) in [6.45, 7) is 9.30. The summed E-state index contributed by atoms with van der Waals surface area (Å²) in [5.41, 5.74) is 0. The summed E-state index contributed by atoms with van der Waals surface area (Å²) in [7, 11) is 0. The van der Waals surface area contributed by atoms with Gasteiger partial charge in [-0.2, -0.15) is 0 Å². The molecule has 0 bridgehead atoms. The first-order valence-corrected chi connectivity index (χ1v) is 14.3. The van der Waals surface area contributed by atoms with Gasteiger partial charge in [0.2, 0.25) is 0 Å². The van der Waals surface area contributed by atoms with E-state index in [4.69, 9.17) is 0 Å². The lowest BCUT2D eigenvalue weighted by molar-refractivity contribution is -0.702. The van der Waals surface area contributed by atoms with E-state index in [0.29, 0.717) is 0 Å². The molecule has 0 aliphatic heterocycles. The Morgan fingerprint density at radius 1 is 0.548 bits per heavy atom. The highest BCUT2D eigenvalue weighted by atomic mass is 15.1. The summed E-state index contributed by atoms with van der Waals surface area (Å²) < 4.78 is 4.95. The van der Waals surface area contributed by atoms with Crippen molar-refractivity contribution in [1.82, 2.24) is 4.57 Å².